The van der Waals surface area contributed by atoms with E-state index in [1.54, 1.807) is 0 Å². The number of para-hydroxylation sites is 1. The van der Waals surface area contributed by atoms with Crippen LogP contribution in [-0.4, -0.2) is 34.7 Å². The molecule has 118 valence electrons. The number of aromatic amines is 1. The zero-order valence-corrected chi connectivity index (χ0v) is 13.3. The van der Waals surface area contributed by atoms with Crippen molar-refractivity contribution in [1.29, 1.82) is 0 Å². The first-order valence-electron chi connectivity index (χ1n) is 8.31. The predicted octanol–water partition coefficient (Wildman–Crippen LogP) is 2.71. The minimum atomic E-state index is 0.879. The van der Waals surface area contributed by atoms with Gasteiger partial charge in [0.15, 0.2) is 0 Å². The van der Waals surface area contributed by atoms with E-state index >= 15 is 0 Å². The van der Waals surface area contributed by atoms with Crippen LogP contribution in [0, 0.1) is 0 Å². The predicted molar refractivity (Wildman–Crippen MR) is 93.2 cm³/mol. The van der Waals surface area contributed by atoms with Gasteiger partial charge in [0.2, 0.25) is 0 Å². The van der Waals surface area contributed by atoms with Crippen molar-refractivity contribution >= 4 is 10.9 Å². The van der Waals surface area contributed by atoms with Crippen LogP contribution in [0.4, 0.5) is 0 Å². The van der Waals surface area contributed by atoms with E-state index in [1.165, 1.54) is 28.5 Å². The second-order valence-corrected chi connectivity index (χ2v) is 6.22. The summed E-state index contributed by atoms with van der Waals surface area (Å²) in [7, 11) is 0. The first kappa shape index (κ1) is 14.4. The Bertz CT molecular complexity index is 793. The fourth-order valence-corrected chi connectivity index (χ4v) is 3.38. The van der Waals surface area contributed by atoms with Crippen LogP contribution in [0.1, 0.15) is 16.7 Å². The summed E-state index contributed by atoms with van der Waals surface area (Å²) in [5.41, 5.74) is 5.43. The third-order valence-electron chi connectivity index (χ3n) is 4.69. The van der Waals surface area contributed by atoms with Crippen molar-refractivity contribution in [3.8, 4) is 0 Å². The van der Waals surface area contributed by atoms with Gasteiger partial charge < -0.3 is 5.32 Å². The van der Waals surface area contributed by atoms with Gasteiger partial charge in [-0.25, -0.2) is 0 Å². The van der Waals surface area contributed by atoms with Crippen LogP contribution < -0.4 is 5.32 Å². The van der Waals surface area contributed by atoms with Gasteiger partial charge in [-0.3, -0.25) is 10.00 Å². The van der Waals surface area contributed by atoms with Crippen molar-refractivity contribution in [3.63, 3.8) is 0 Å². The molecule has 4 rings (SSSR count). The van der Waals surface area contributed by atoms with E-state index in [4.69, 9.17) is 0 Å². The van der Waals surface area contributed by atoms with Gasteiger partial charge in [0.25, 0.3) is 0 Å². The van der Waals surface area contributed by atoms with Gasteiger partial charge in [-0.1, -0.05) is 42.5 Å². The van der Waals surface area contributed by atoms with Gasteiger partial charge in [-0.05, 0) is 23.1 Å². The molecule has 23 heavy (non-hydrogen) atoms. The van der Waals surface area contributed by atoms with E-state index in [9.17, 15) is 0 Å². The van der Waals surface area contributed by atoms with Crippen LogP contribution in [0.15, 0.2) is 48.7 Å². The maximum Gasteiger partial charge on any atom is 0.0695 e. The Kier molecular flexibility index (Phi) is 4.09. The van der Waals surface area contributed by atoms with Crippen LogP contribution in [0.5, 0.6) is 0 Å². The highest BCUT2D eigenvalue weighted by atomic mass is 15.1. The molecule has 0 unspecified atom stereocenters. The van der Waals surface area contributed by atoms with Gasteiger partial charge in [0.05, 0.1) is 11.7 Å². The van der Waals surface area contributed by atoms with E-state index in [2.05, 4.69) is 62.9 Å². The maximum atomic E-state index is 4.12. The monoisotopic (exact) mass is 306 g/mol. The molecule has 0 saturated heterocycles. The summed E-state index contributed by atoms with van der Waals surface area (Å²) < 4.78 is 0. The molecule has 0 radical (unpaired) electrons. The lowest BCUT2D eigenvalue weighted by Crippen LogP contribution is -2.35. The highest BCUT2D eigenvalue weighted by Crippen LogP contribution is 2.18. The molecule has 0 fully saturated rings. The Morgan fingerprint density at radius 2 is 2.00 bits per heavy atom. The lowest BCUT2D eigenvalue weighted by molar-refractivity contribution is 0.254. The Labute approximate surface area is 136 Å². The summed E-state index contributed by atoms with van der Waals surface area (Å²) in [6.07, 6.45) is 3.05. The highest BCUT2D eigenvalue weighted by molar-refractivity contribution is 5.81. The van der Waals surface area contributed by atoms with Crippen molar-refractivity contribution in [2.45, 2.75) is 19.5 Å². The van der Waals surface area contributed by atoms with Gasteiger partial charge in [0.1, 0.15) is 0 Å². The van der Waals surface area contributed by atoms with E-state index < -0.39 is 0 Å². The molecule has 0 saturated carbocycles. The molecule has 2 aromatic carbocycles. The van der Waals surface area contributed by atoms with Crippen LogP contribution >= 0.6 is 0 Å². The van der Waals surface area contributed by atoms with E-state index in [0.29, 0.717) is 0 Å². The van der Waals surface area contributed by atoms with Crippen molar-refractivity contribution in [2.24, 2.45) is 0 Å². The molecule has 3 aromatic rings. The standard InChI is InChI=1S/C19H22N4/c1-2-5-18-14-23(10-8-15(18)4-1)11-9-20-12-16-6-3-7-17-13-21-22-19(16)17/h1-7,13,20H,8-12,14H2,(H,21,22). The first-order chi connectivity index (χ1) is 11.4. The van der Waals surface area contributed by atoms with Crippen molar-refractivity contribution < 1.29 is 0 Å². The summed E-state index contributed by atoms with van der Waals surface area (Å²) in [5, 5.41) is 12.0. The number of rotatable bonds is 5. The van der Waals surface area contributed by atoms with Crippen LogP contribution in [-0.2, 0) is 19.5 Å². The molecule has 0 bridgehead atoms. The fourth-order valence-electron chi connectivity index (χ4n) is 3.38. The molecular weight excluding hydrogens is 284 g/mol. The molecular formula is C19H22N4. The van der Waals surface area contributed by atoms with Gasteiger partial charge in [0, 0.05) is 38.1 Å². The average Bonchev–Trinajstić information content (AvgIpc) is 3.08. The maximum absolute atomic E-state index is 4.12. The Balaban J connectivity index is 1.29. The number of nitrogens with zero attached hydrogens (tertiary/aromatic N) is 2. The minimum absolute atomic E-state index is 0.879. The molecule has 0 spiro atoms. The normalized spacial score (nSPS) is 15.0. The SMILES string of the molecule is c1ccc2c(c1)CCN(CCNCc1cccc3cn[nH]c13)C2. The largest absolute Gasteiger partial charge is 0.311 e. The smallest absolute Gasteiger partial charge is 0.0695 e. The van der Waals surface area contributed by atoms with Crippen LogP contribution in [0.2, 0.25) is 0 Å². The van der Waals surface area contributed by atoms with E-state index in [0.717, 1.165) is 38.2 Å². The zero-order valence-electron chi connectivity index (χ0n) is 13.3. The molecule has 0 aliphatic carbocycles. The molecule has 1 aliphatic rings. The van der Waals surface area contributed by atoms with Crippen molar-refractivity contribution in [3.05, 3.63) is 65.4 Å². The van der Waals surface area contributed by atoms with Crippen molar-refractivity contribution in [2.75, 3.05) is 19.6 Å². The second-order valence-electron chi connectivity index (χ2n) is 6.22. The molecule has 4 heteroatoms. The van der Waals surface area contributed by atoms with Gasteiger partial charge in [-0.2, -0.15) is 5.10 Å². The first-order valence-corrected chi connectivity index (χ1v) is 8.31. The molecule has 2 N–H and O–H groups in total. The number of benzene rings is 2. The number of aromatic nitrogens is 2. The number of hydrogen-bond donors (Lipinski definition) is 2. The third-order valence-corrected chi connectivity index (χ3v) is 4.69. The van der Waals surface area contributed by atoms with Crippen LogP contribution in [0.25, 0.3) is 10.9 Å². The molecule has 0 atom stereocenters. The Hall–Kier alpha value is -2.17. The summed E-state index contributed by atoms with van der Waals surface area (Å²) in [4.78, 5) is 2.53. The summed E-state index contributed by atoms with van der Waals surface area (Å²) in [5.74, 6) is 0. The number of hydrogen-bond acceptors (Lipinski definition) is 3. The minimum Gasteiger partial charge on any atom is -0.311 e. The fraction of sp³-hybridized carbons (Fsp3) is 0.316. The molecule has 1 aliphatic heterocycles. The lowest BCUT2D eigenvalue weighted by Gasteiger charge is -2.28. The average molecular weight is 306 g/mol. The molecule has 0 amide bonds. The molecule has 2 heterocycles. The molecule has 4 nitrogen and oxygen atoms in total. The van der Waals surface area contributed by atoms with E-state index in [1.807, 2.05) is 6.20 Å². The Morgan fingerprint density at radius 1 is 1.09 bits per heavy atom. The van der Waals surface area contributed by atoms with Gasteiger partial charge in [-0.15, -0.1) is 0 Å². The second kappa shape index (κ2) is 6.52. The molecule has 1 aromatic heterocycles. The van der Waals surface area contributed by atoms with E-state index in [-0.39, 0.29) is 0 Å². The summed E-state index contributed by atoms with van der Waals surface area (Å²) in [6, 6.07) is 15.1. The summed E-state index contributed by atoms with van der Waals surface area (Å²) in [6.45, 7) is 5.22. The topological polar surface area (TPSA) is 44.0 Å². The van der Waals surface area contributed by atoms with Crippen molar-refractivity contribution in [1.82, 2.24) is 20.4 Å². The number of H-pyrrole nitrogens is 1. The number of nitrogens with one attached hydrogen (secondary N) is 2. The quantitative estimate of drug-likeness (QED) is 0.712. The third kappa shape index (κ3) is 3.14. The van der Waals surface area contributed by atoms with Gasteiger partial charge >= 0.3 is 0 Å². The lowest BCUT2D eigenvalue weighted by atomic mass is 10.00. The highest BCUT2D eigenvalue weighted by Gasteiger charge is 2.14. The zero-order chi connectivity index (χ0) is 15.5. The summed E-state index contributed by atoms with van der Waals surface area (Å²) >= 11 is 0. The Morgan fingerprint density at radius 3 is 2.96 bits per heavy atom. The van der Waals surface area contributed by atoms with Crippen LogP contribution in [0.3, 0.4) is 0 Å². The number of fused-ring (bicyclic) bond motifs is 2.